The number of aliphatic hydroxyl groups excluding tert-OH is 1. The van der Waals surface area contributed by atoms with Gasteiger partial charge in [-0.1, -0.05) is 6.08 Å². The van der Waals surface area contributed by atoms with E-state index in [1.807, 2.05) is 0 Å². The van der Waals surface area contributed by atoms with Crippen LogP contribution in [-0.2, 0) is 4.79 Å². The number of carbonyl (C=O) groups excluding carboxylic acids is 1. The Morgan fingerprint density at radius 1 is 1.55 bits per heavy atom. The van der Waals surface area contributed by atoms with Crippen LogP contribution in [0.3, 0.4) is 0 Å². The van der Waals surface area contributed by atoms with Crippen LogP contribution in [-0.4, -0.2) is 18.1 Å². The Kier molecular flexibility index (Phi) is 2.31. The maximum absolute atomic E-state index is 11.0. The lowest BCUT2D eigenvalue weighted by Crippen LogP contribution is -2.21. The van der Waals surface area contributed by atoms with Crippen molar-refractivity contribution in [1.82, 2.24) is 5.32 Å². The fourth-order valence-electron chi connectivity index (χ4n) is 1.01. The van der Waals surface area contributed by atoms with E-state index >= 15 is 0 Å². The predicted octanol–water partition coefficient (Wildman–Crippen LogP) is 0.895. The smallest absolute Gasteiger partial charge is 0.254 e. The SMILES string of the molecule is CNC(=O)C1=CCCC=C1O. The van der Waals surface area contributed by atoms with Crippen LogP contribution < -0.4 is 5.32 Å². The van der Waals surface area contributed by atoms with Gasteiger partial charge in [0, 0.05) is 7.05 Å². The van der Waals surface area contributed by atoms with Gasteiger partial charge in [-0.15, -0.1) is 0 Å². The highest BCUT2D eigenvalue weighted by atomic mass is 16.3. The first-order chi connectivity index (χ1) is 5.25. The van der Waals surface area contributed by atoms with Crippen molar-refractivity contribution in [2.24, 2.45) is 0 Å². The van der Waals surface area contributed by atoms with Gasteiger partial charge in [-0.2, -0.15) is 0 Å². The normalized spacial score (nSPS) is 16.8. The van der Waals surface area contributed by atoms with Gasteiger partial charge in [0.15, 0.2) is 0 Å². The number of allylic oxidation sites excluding steroid dienone is 2. The fourth-order valence-corrected chi connectivity index (χ4v) is 1.01. The Bertz CT molecular complexity index is 228. The predicted molar refractivity (Wildman–Crippen MR) is 42.1 cm³/mol. The molecule has 1 amide bonds. The lowest BCUT2D eigenvalue weighted by atomic mass is 10.0. The number of hydrogen-bond acceptors (Lipinski definition) is 2. The van der Waals surface area contributed by atoms with Crippen LogP contribution in [0.4, 0.5) is 0 Å². The van der Waals surface area contributed by atoms with E-state index in [2.05, 4.69) is 5.32 Å². The number of nitrogens with one attached hydrogen (secondary N) is 1. The summed E-state index contributed by atoms with van der Waals surface area (Å²) < 4.78 is 0. The zero-order valence-corrected chi connectivity index (χ0v) is 6.42. The summed E-state index contributed by atoms with van der Waals surface area (Å²) in [4.78, 5) is 11.0. The molecule has 0 aromatic rings. The van der Waals surface area contributed by atoms with E-state index in [0.29, 0.717) is 5.57 Å². The molecule has 1 aliphatic carbocycles. The zero-order valence-electron chi connectivity index (χ0n) is 6.42. The minimum atomic E-state index is -0.224. The van der Waals surface area contributed by atoms with Crippen LogP contribution >= 0.6 is 0 Å². The van der Waals surface area contributed by atoms with E-state index in [4.69, 9.17) is 0 Å². The summed E-state index contributed by atoms with van der Waals surface area (Å²) in [6.07, 6.45) is 5.04. The molecule has 3 heteroatoms. The molecule has 2 N–H and O–H groups in total. The average Bonchev–Trinajstić information content (AvgIpc) is 2.04. The van der Waals surface area contributed by atoms with Crippen LogP contribution in [0.25, 0.3) is 0 Å². The largest absolute Gasteiger partial charge is 0.507 e. The number of amides is 1. The van der Waals surface area contributed by atoms with E-state index in [0.717, 1.165) is 12.8 Å². The highest BCUT2D eigenvalue weighted by molar-refractivity contribution is 5.97. The average molecular weight is 153 g/mol. The van der Waals surface area contributed by atoms with Gasteiger partial charge in [-0.25, -0.2) is 0 Å². The highest BCUT2D eigenvalue weighted by Gasteiger charge is 2.13. The molecule has 0 unspecified atom stereocenters. The van der Waals surface area contributed by atoms with Crippen LogP contribution in [0, 0.1) is 0 Å². The Balaban J connectivity index is 2.78. The molecule has 0 heterocycles. The molecule has 0 fully saturated rings. The van der Waals surface area contributed by atoms with Gasteiger partial charge < -0.3 is 10.4 Å². The molecule has 1 aliphatic rings. The van der Waals surface area contributed by atoms with Gasteiger partial charge >= 0.3 is 0 Å². The van der Waals surface area contributed by atoms with Gasteiger partial charge in [-0.05, 0) is 18.9 Å². The summed E-state index contributed by atoms with van der Waals surface area (Å²) in [6, 6.07) is 0. The lowest BCUT2D eigenvalue weighted by Gasteiger charge is -2.08. The molecule has 11 heavy (non-hydrogen) atoms. The molecule has 0 aromatic heterocycles. The van der Waals surface area contributed by atoms with E-state index in [9.17, 15) is 9.90 Å². The lowest BCUT2D eigenvalue weighted by molar-refractivity contribution is -0.117. The summed E-state index contributed by atoms with van der Waals surface area (Å²) in [7, 11) is 1.55. The summed E-state index contributed by atoms with van der Waals surface area (Å²) in [5.41, 5.74) is 0.388. The van der Waals surface area contributed by atoms with Crippen molar-refractivity contribution in [1.29, 1.82) is 0 Å². The molecule has 0 aromatic carbocycles. The molecule has 60 valence electrons. The Morgan fingerprint density at radius 2 is 2.18 bits per heavy atom. The van der Waals surface area contributed by atoms with Crippen LogP contribution in [0.1, 0.15) is 12.8 Å². The van der Waals surface area contributed by atoms with E-state index in [1.165, 1.54) is 0 Å². The molecule has 0 radical (unpaired) electrons. The fraction of sp³-hybridized carbons (Fsp3) is 0.375. The van der Waals surface area contributed by atoms with Gasteiger partial charge in [0.1, 0.15) is 5.76 Å². The van der Waals surface area contributed by atoms with Gasteiger partial charge in [0.2, 0.25) is 0 Å². The maximum atomic E-state index is 11.0. The van der Waals surface area contributed by atoms with Crippen molar-refractivity contribution in [3.8, 4) is 0 Å². The molecule has 0 atom stereocenters. The van der Waals surface area contributed by atoms with E-state index in [-0.39, 0.29) is 11.7 Å². The monoisotopic (exact) mass is 153 g/mol. The molecule has 0 saturated carbocycles. The third kappa shape index (κ3) is 1.61. The Labute approximate surface area is 65.4 Å². The molecule has 0 spiro atoms. The first kappa shape index (κ1) is 7.85. The van der Waals surface area contributed by atoms with Gasteiger partial charge in [-0.3, -0.25) is 4.79 Å². The summed E-state index contributed by atoms with van der Waals surface area (Å²) in [5, 5.41) is 11.7. The quantitative estimate of drug-likeness (QED) is 0.587. The molecule has 0 saturated heterocycles. The molecular weight excluding hydrogens is 142 g/mol. The third-order valence-electron chi connectivity index (χ3n) is 1.60. The highest BCUT2D eigenvalue weighted by Crippen LogP contribution is 2.15. The topological polar surface area (TPSA) is 49.3 Å². The summed E-state index contributed by atoms with van der Waals surface area (Å²) >= 11 is 0. The third-order valence-corrected chi connectivity index (χ3v) is 1.60. The second-order valence-electron chi connectivity index (χ2n) is 2.36. The summed E-state index contributed by atoms with van der Waals surface area (Å²) in [5.74, 6) is -0.131. The standard InChI is InChI=1S/C8H11NO2/c1-9-8(11)6-4-2-3-5-7(6)10/h4-5,10H,2-3H2,1H3,(H,9,11). The maximum Gasteiger partial charge on any atom is 0.254 e. The van der Waals surface area contributed by atoms with Crippen LogP contribution in [0.5, 0.6) is 0 Å². The second-order valence-corrected chi connectivity index (χ2v) is 2.36. The number of aliphatic hydroxyl groups is 1. The van der Waals surface area contributed by atoms with Crippen molar-refractivity contribution < 1.29 is 9.90 Å². The van der Waals surface area contributed by atoms with Gasteiger partial charge in [0.25, 0.3) is 5.91 Å². The van der Waals surface area contributed by atoms with Crippen LogP contribution in [0.2, 0.25) is 0 Å². The van der Waals surface area contributed by atoms with Crippen molar-refractivity contribution in [2.75, 3.05) is 7.05 Å². The molecular formula is C8H11NO2. The molecule has 0 bridgehead atoms. The molecule has 0 aliphatic heterocycles. The number of carbonyl (C=O) groups is 1. The molecule has 1 rings (SSSR count). The minimum absolute atomic E-state index is 0.0931. The number of likely N-dealkylation sites (N-methyl/N-ethyl adjacent to an activating group) is 1. The first-order valence-corrected chi connectivity index (χ1v) is 3.57. The van der Waals surface area contributed by atoms with Crippen LogP contribution in [0.15, 0.2) is 23.5 Å². The van der Waals surface area contributed by atoms with Crippen molar-refractivity contribution >= 4 is 5.91 Å². The van der Waals surface area contributed by atoms with E-state index < -0.39 is 0 Å². The zero-order chi connectivity index (χ0) is 8.27. The number of rotatable bonds is 1. The first-order valence-electron chi connectivity index (χ1n) is 3.57. The second kappa shape index (κ2) is 3.23. The van der Waals surface area contributed by atoms with Crippen molar-refractivity contribution in [2.45, 2.75) is 12.8 Å². The number of hydrogen-bond donors (Lipinski definition) is 2. The molecule has 3 nitrogen and oxygen atoms in total. The Morgan fingerprint density at radius 3 is 2.73 bits per heavy atom. The Hall–Kier alpha value is -1.25. The van der Waals surface area contributed by atoms with Crippen molar-refractivity contribution in [3.63, 3.8) is 0 Å². The van der Waals surface area contributed by atoms with Crippen molar-refractivity contribution in [3.05, 3.63) is 23.5 Å². The summed E-state index contributed by atoms with van der Waals surface area (Å²) in [6.45, 7) is 0. The van der Waals surface area contributed by atoms with Gasteiger partial charge in [0.05, 0.1) is 5.57 Å². The minimum Gasteiger partial charge on any atom is -0.507 e. The van der Waals surface area contributed by atoms with E-state index in [1.54, 1.807) is 19.2 Å².